The molecular weight excluding hydrogens is 592 g/mol. The van der Waals surface area contributed by atoms with Crippen LogP contribution in [0.1, 0.15) is 45.7 Å². The molecule has 0 heterocycles. The predicted molar refractivity (Wildman–Crippen MR) is 174 cm³/mol. The highest BCUT2D eigenvalue weighted by Crippen LogP contribution is 2.29. The third-order valence-corrected chi connectivity index (χ3v) is 9.81. The lowest BCUT2D eigenvalue weighted by atomic mass is 9.79. The van der Waals surface area contributed by atoms with Gasteiger partial charge in [-0.2, -0.15) is 4.31 Å². The molecule has 0 aliphatic rings. The molecule has 3 rings (SSSR count). The van der Waals surface area contributed by atoms with E-state index < -0.39 is 45.4 Å². The minimum Gasteiger partial charge on any atom is -0.497 e. The van der Waals surface area contributed by atoms with E-state index in [9.17, 15) is 23.1 Å². The van der Waals surface area contributed by atoms with E-state index in [0.29, 0.717) is 5.75 Å². The molecule has 0 fully saturated rings. The second-order valence-electron chi connectivity index (χ2n) is 12.3. The van der Waals surface area contributed by atoms with Crippen LogP contribution in [-0.4, -0.2) is 62.1 Å². The summed E-state index contributed by atoms with van der Waals surface area (Å²) in [6.07, 6.45) is -1.02. The molecule has 0 aliphatic carbocycles. The molecular formula is C35H46N2O7S. The number of benzene rings is 3. The number of carbonyl (C=O) groups is 2. The Labute approximate surface area is 267 Å². The fraction of sp³-hybridized carbons (Fsp3) is 0.429. The van der Waals surface area contributed by atoms with E-state index >= 15 is 0 Å². The van der Waals surface area contributed by atoms with E-state index in [1.807, 2.05) is 74.5 Å². The van der Waals surface area contributed by atoms with Crippen molar-refractivity contribution in [2.45, 2.75) is 64.7 Å². The number of methoxy groups -OCH3 is 1. The first-order chi connectivity index (χ1) is 21.2. The van der Waals surface area contributed by atoms with Crippen LogP contribution in [0, 0.1) is 17.3 Å². The summed E-state index contributed by atoms with van der Waals surface area (Å²) < 4.78 is 39.4. The summed E-state index contributed by atoms with van der Waals surface area (Å²) in [7, 11) is -2.49. The molecule has 0 saturated carbocycles. The number of sulfonamides is 1. The van der Waals surface area contributed by atoms with Crippen molar-refractivity contribution in [1.82, 2.24) is 9.62 Å². The number of rotatable bonds is 16. The van der Waals surface area contributed by atoms with Crippen molar-refractivity contribution < 1.29 is 32.6 Å². The van der Waals surface area contributed by atoms with Crippen molar-refractivity contribution in [3.8, 4) is 5.75 Å². The van der Waals surface area contributed by atoms with Crippen molar-refractivity contribution in [3.63, 3.8) is 0 Å². The van der Waals surface area contributed by atoms with E-state index in [0.717, 1.165) is 11.1 Å². The first-order valence-electron chi connectivity index (χ1n) is 15.1. The van der Waals surface area contributed by atoms with Gasteiger partial charge >= 0.3 is 5.97 Å². The average Bonchev–Trinajstić information content (AvgIpc) is 3.03. The smallest absolute Gasteiger partial charge is 0.312 e. The van der Waals surface area contributed by atoms with Gasteiger partial charge in [0.05, 0.1) is 35.5 Å². The Balaban J connectivity index is 1.82. The van der Waals surface area contributed by atoms with E-state index in [1.54, 1.807) is 32.9 Å². The Hall–Kier alpha value is -3.73. The molecule has 0 radical (unpaired) electrons. The zero-order valence-corrected chi connectivity index (χ0v) is 27.8. The van der Waals surface area contributed by atoms with Crippen LogP contribution in [0.2, 0.25) is 0 Å². The van der Waals surface area contributed by atoms with Gasteiger partial charge in [-0.05, 0) is 61.6 Å². The molecule has 1 unspecified atom stereocenters. The molecule has 0 saturated heterocycles. The summed E-state index contributed by atoms with van der Waals surface area (Å²) in [5, 5.41) is 14.5. The Morgan fingerprint density at radius 2 is 1.42 bits per heavy atom. The topological polar surface area (TPSA) is 122 Å². The van der Waals surface area contributed by atoms with Crippen LogP contribution in [0.5, 0.6) is 5.75 Å². The third kappa shape index (κ3) is 9.88. The van der Waals surface area contributed by atoms with Gasteiger partial charge < -0.3 is 19.9 Å². The number of aliphatic hydroxyl groups excluding tert-OH is 1. The van der Waals surface area contributed by atoms with Gasteiger partial charge in [0.1, 0.15) is 12.4 Å². The Bertz CT molecular complexity index is 1480. The molecule has 1 amide bonds. The number of nitrogens with one attached hydrogen (secondary N) is 1. The summed E-state index contributed by atoms with van der Waals surface area (Å²) in [5.74, 6) is -1.31. The molecule has 244 valence electrons. The number of aliphatic hydroxyl groups is 1. The summed E-state index contributed by atoms with van der Waals surface area (Å²) in [6.45, 7) is 8.73. The molecule has 0 aromatic heterocycles. The standard InChI is InChI=1S/C35H46N2O7S/c1-25(2)22-37(45(41,42)30-19-17-29(43-6)18-20-30)23-32(38)31(21-27-13-9-7-10-14-27)36-33(39)26(3)35(4,5)34(40)44-24-28-15-11-8-12-16-28/h7-20,25-26,31-32,38H,21-24H2,1-6H3,(H,36,39)/t26?,31-,32+/m0/s1. The van der Waals surface area contributed by atoms with Crippen LogP contribution in [0.3, 0.4) is 0 Å². The van der Waals surface area contributed by atoms with Gasteiger partial charge in [-0.15, -0.1) is 0 Å². The molecule has 3 aromatic rings. The van der Waals surface area contributed by atoms with Crippen molar-refractivity contribution in [2.75, 3.05) is 20.2 Å². The number of hydrogen-bond acceptors (Lipinski definition) is 7. The van der Waals surface area contributed by atoms with Crippen LogP contribution in [0.25, 0.3) is 0 Å². The van der Waals surface area contributed by atoms with Gasteiger partial charge in [-0.25, -0.2) is 8.42 Å². The van der Waals surface area contributed by atoms with Crippen LogP contribution >= 0.6 is 0 Å². The van der Waals surface area contributed by atoms with Crippen molar-refractivity contribution in [1.29, 1.82) is 0 Å². The van der Waals surface area contributed by atoms with Crippen molar-refractivity contribution in [3.05, 3.63) is 96.1 Å². The summed E-state index contributed by atoms with van der Waals surface area (Å²) in [5.41, 5.74) is 0.507. The minimum atomic E-state index is -3.99. The molecule has 0 spiro atoms. The van der Waals surface area contributed by atoms with Gasteiger partial charge in [0, 0.05) is 13.1 Å². The van der Waals surface area contributed by atoms with Crippen molar-refractivity contribution in [2.24, 2.45) is 17.3 Å². The van der Waals surface area contributed by atoms with Crippen LogP contribution in [0.4, 0.5) is 0 Å². The maximum atomic E-state index is 13.7. The number of carbonyl (C=O) groups excluding carboxylic acids is 2. The molecule has 3 atom stereocenters. The summed E-state index contributed by atoms with van der Waals surface area (Å²) in [4.78, 5) is 26.8. The zero-order valence-electron chi connectivity index (χ0n) is 27.0. The molecule has 10 heteroatoms. The van der Waals surface area contributed by atoms with Gasteiger partial charge in [-0.1, -0.05) is 81.4 Å². The van der Waals surface area contributed by atoms with Crippen LogP contribution in [-0.2, 0) is 37.4 Å². The highest BCUT2D eigenvalue weighted by Gasteiger charge is 2.41. The lowest BCUT2D eigenvalue weighted by Crippen LogP contribution is -2.53. The number of amides is 1. The molecule has 0 aliphatic heterocycles. The minimum absolute atomic E-state index is 0.0323. The number of nitrogens with zero attached hydrogens (tertiary/aromatic N) is 1. The lowest BCUT2D eigenvalue weighted by molar-refractivity contribution is -0.161. The average molecular weight is 639 g/mol. The highest BCUT2D eigenvalue weighted by molar-refractivity contribution is 7.89. The van der Waals surface area contributed by atoms with Crippen LogP contribution in [0.15, 0.2) is 89.8 Å². The fourth-order valence-electron chi connectivity index (χ4n) is 4.78. The molecule has 2 N–H and O–H groups in total. The summed E-state index contributed by atoms with van der Waals surface area (Å²) >= 11 is 0. The van der Waals surface area contributed by atoms with Crippen molar-refractivity contribution >= 4 is 21.9 Å². The fourth-order valence-corrected chi connectivity index (χ4v) is 6.40. The zero-order chi connectivity index (χ0) is 33.2. The Kier molecular flexibility index (Phi) is 12.7. The van der Waals surface area contributed by atoms with Gasteiger partial charge in [0.2, 0.25) is 15.9 Å². The second-order valence-corrected chi connectivity index (χ2v) is 14.2. The first kappa shape index (κ1) is 35.7. The maximum Gasteiger partial charge on any atom is 0.312 e. The second kappa shape index (κ2) is 16.0. The molecule has 0 bridgehead atoms. The van der Waals surface area contributed by atoms with Gasteiger partial charge in [0.25, 0.3) is 0 Å². The quantitative estimate of drug-likeness (QED) is 0.216. The van der Waals surface area contributed by atoms with Crippen LogP contribution < -0.4 is 10.1 Å². The highest BCUT2D eigenvalue weighted by atomic mass is 32.2. The monoisotopic (exact) mass is 638 g/mol. The van der Waals surface area contributed by atoms with Gasteiger partial charge in [-0.3, -0.25) is 9.59 Å². The van der Waals surface area contributed by atoms with E-state index in [4.69, 9.17) is 9.47 Å². The third-order valence-electron chi connectivity index (χ3n) is 7.96. The van der Waals surface area contributed by atoms with Gasteiger partial charge in [0.15, 0.2) is 0 Å². The largest absolute Gasteiger partial charge is 0.497 e. The van der Waals surface area contributed by atoms with E-state index in [2.05, 4.69) is 5.32 Å². The molecule has 9 nitrogen and oxygen atoms in total. The predicted octanol–water partition coefficient (Wildman–Crippen LogP) is 4.84. The first-order valence-corrected chi connectivity index (χ1v) is 16.6. The van der Waals surface area contributed by atoms with E-state index in [-0.39, 0.29) is 36.9 Å². The SMILES string of the molecule is COc1ccc(S(=O)(=O)N(CC(C)C)C[C@@H](O)[C@H](Cc2ccccc2)NC(=O)C(C)C(C)(C)C(=O)OCc2ccccc2)cc1. The van der Waals surface area contributed by atoms with E-state index in [1.165, 1.54) is 23.5 Å². The molecule has 45 heavy (non-hydrogen) atoms. The normalized spacial score (nSPS) is 14.1. The number of ether oxygens (including phenoxy) is 2. The number of hydrogen-bond donors (Lipinski definition) is 2. The maximum absolute atomic E-state index is 13.7. The summed E-state index contributed by atoms with van der Waals surface area (Å²) in [6, 6.07) is 23.8. The Morgan fingerprint density at radius 3 is 1.96 bits per heavy atom. The lowest BCUT2D eigenvalue weighted by Gasteiger charge is -2.33. The Morgan fingerprint density at radius 1 is 0.867 bits per heavy atom. The number of esters is 1. The molecule has 3 aromatic carbocycles.